The molecule has 22 heavy (non-hydrogen) atoms. The highest BCUT2D eigenvalue weighted by Gasteiger charge is 2.58. The maximum atomic E-state index is 12.0. The fourth-order valence-electron chi connectivity index (χ4n) is 3.39. The van der Waals surface area contributed by atoms with Gasteiger partial charge in [0.05, 0.1) is 13.2 Å². The number of carbonyl (C=O) groups is 1. The molecule has 0 aromatic rings. The second kappa shape index (κ2) is 7.75. The molecule has 5 nitrogen and oxygen atoms in total. The molecule has 5 heteroatoms. The van der Waals surface area contributed by atoms with Gasteiger partial charge in [0.2, 0.25) is 11.4 Å². The van der Waals surface area contributed by atoms with Crippen LogP contribution in [0.5, 0.6) is 0 Å². The number of esters is 1. The summed E-state index contributed by atoms with van der Waals surface area (Å²) in [7, 11) is 2.73. The molecule has 0 amide bonds. The lowest BCUT2D eigenvalue weighted by Crippen LogP contribution is -2.64. The van der Waals surface area contributed by atoms with Gasteiger partial charge in [0, 0.05) is 13.5 Å². The van der Waals surface area contributed by atoms with Crippen LogP contribution in [0.3, 0.4) is 0 Å². The lowest BCUT2D eigenvalue weighted by atomic mass is 9.78. The van der Waals surface area contributed by atoms with Crippen molar-refractivity contribution < 1.29 is 24.1 Å². The molecular formula is C17H32O5. The van der Waals surface area contributed by atoms with Gasteiger partial charge in [0.1, 0.15) is 0 Å². The summed E-state index contributed by atoms with van der Waals surface area (Å²) in [5.41, 5.74) is -1.83. The van der Waals surface area contributed by atoms with Crippen LogP contribution in [0.25, 0.3) is 0 Å². The Hall–Kier alpha value is -0.650. The number of hydrogen-bond acceptors (Lipinski definition) is 5. The fraction of sp³-hybridized carbons (Fsp3) is 0.941. The van der Waals surface area contributed by atoms with Crippen LogP contribution >= 0.6 is 0 Å². The predicted molar refractivity (Wildman–Crippen MR) is 84.3 cm³/mol. The Bertz CT molecular complexity index is 368. The molecule has 0 aromatic heterocycles. The summed E-state index contributed by atoms with van der Waals surface area (Å²) in [5, 5.41) is 10.7. The highest BCUT2D eigenvalue weighted by molar-refractivity contribution is 5.80. The summed E-state index contributed by atoms with van der Waals surface area (Å²) in [4.78, 5) is 12.0. The number of ether oxygens (including phenoxy) is 3. The summed E-state index contributed by atoms with van der Waals surface area (Å²) in [5.74, 6) is -1.01. The van der Waals surface area contributed by atoms with Gasteiger partial charge in [-0.2, -0.15) is 0 Å². The first kappa shape index (κ1) is 19.4. The summed E-state index contributed by atoms with van der Waals surface area (Å²) in [6, 6.07) is 0. The molecule has 1 rings (SSSR count). The van der Waals surface area contributed by atoms with Crippen molar-refractivity contribution >= 4 is 5.97 Å². The molecule has 3 unspecified atom stereocenters. The van der Waals surface area contributed by atoms with Gasteiger partial charge in [-0.05, 0) is 38.0 Å². The van der Waals surface area contributed by atoms with Gasteiger partial charge < -0.3 is 19.3 Å². The number of hydrogen-bond donors (Lipinski definition) is 1. The molecule has 1 aliphatic rings. The van der Waals surface area contributed by atoms with Crippen LogP contribution in [0.2, 0.25) is 0 Å². The van der Waals surface area contributed by atoms with Gasteiger partial charge >= 0.3 is 5.97 Å². The van der Waals surface area contributed by atoms with E-state index in [4.69, 9.17) is 14.2 Å². The van der Waals surface area contributed by atoms with Crippen molar-refractivity contribution in [2.24, 2.45) is 11.8 Å². The van der Waals surface area contributed by atoms with Crippen LogP contribution in [-0.4, -0.2) is 42.8 Å². The second-order valence-corrected chi connectivity index (χ2v) is 6.63. The molecule has 130 valence electrons. The normalized spacial score (nSPS) is 33.0. The van der Waals surface area contributed by atoms with Crippen molar-refractivity contribution in [2.45, 2.75) is 77.3 Å². The minimum Gasteiger partial charge on any atom is -0.467 e. The van der Waals surface area contributed by atoms with Crippen LogP contribution in [0.4, 0.5) is 0 Å². The van der Waals surface area contributed by atoms with Crippen molar-refractivity contribution in [1.82, 2.24) is 0 Å². The van der Waals surface area contributed by atoms with E-state index in [0.29, 0.717) is 18.3 Å². The van der Waals surface area contributed by atoms with Crippen LogP contribution in [0.1, 0.15) is 59.8 Å². The third kappa shape index (κ3) is 3.63. The first-order valence-corrected chi connectivity index (χ1v) is 8.31. The minimum atomic E-state index is -1.83. The zero-order valence-corrected chi connectivity index (χ0v) is 14.8. The molecule has 1 fully saturated rings. The van der Waals surface area contributed by atoms with Gasteiger partial charge in [0.15, 0.2) is 0 Å². The Morgan fingerprint density at radius 3 is 2.55 bits per heavy atom. The van der Waals surface area contributed by atoms with Crippen LogP contribution < -0.4 is 0 Å². The Labute approximate surface area is 134 Å². The van der Waals surface area contributed by atoms with E-state index in [1.807, 2.05) is 0 Å². The smallest absolute Gasteiger partial charge is 0.343 e. The summed E-state index contributed by atoms with van der Waals surface area (Å²) < 4.78 is 16.4. The maximum Gasteiger partial charge on any atom is 0.343 e. The average molecular weight is 316 g/mol. The topological polar surface area (TPSA) is 65.0 Å². The van der Waals surface area contributed by atoms with Crippen LogP contribution in [0, 0.1) is 11.8 Å². The Kier molecular flexibility index (Phi) is 6.84. The van der Waals surface area contributed by atoms with Crippen molar-refractivity contribution in [3.8, 4) is 0 Å². The van der Waals surface area contributed by atoms with Gasteiger partial charge in [-0.25, -0.2) is 4.79 Å². The third-order valence-electron chi connectivity index (χ3n) is 5.17. The van der Waals surface area contributed by atoms with Crippen LogP contribution in [0.15, 0.2) is 0 Å². The zero-order chi connectivity index (χ0) is 17.0. The monoisotopic (exact) mass is 316 g/mol. The average Bonchev–Trinajstić information content (AvgIpc) is 2.53. The molecule has 0 saturated carbocycles. The molecule has 5 atom stereocenters. The molecule has 0 aromatic carbocycles. The first-order valence-electron chi connectivity index (χ1n) is 8.31. The second-order valence-electron chi connectivity index (χ2n) is 6.63. The lowest BCUT2D eigenvalue weighted by molar-refractivity contribution is -0.343. The van der Waals surface area contributed by atoms with Gasteiger partial charge in [0.25, 0.3) is 0 Å². The number of rotatable bonds is 7. The molecule has 1 heterocycles. The Morgan fingerprint density at radius 2 is 2.09 bits per heavy atom. The quantitative estimate of drug-likeness (QED) is 0.732. The number of carbonyl (C=O) groups excluding carboxylic acids is 1. The molecule has 0 spiro atoms. The van der Waals surface area contributed by atoms with E-state index in [-0.39, 0.29) is 6.10 Å². The third-order valence-corrected chi connectivity index (χ3v) is 5.17. The van der Waals surface area contributed by atoms with Crippen LogP contribution in [-0.2, 0) is 19.0 Å². The Morgan fingerprint density at radius 1 is 1.45 bits per heavy atom. The van der Waals surface area contributed by atoms with E-state index >= 15 is 0 Å². The van der Waals surface area contributed by atoms with E-state index < -0.39 is 17.4 Å². The maximum absolute atomic E-state index is 12.0. The molecular weight excluding hydrogens is 284 g/mol. The summed E-state index contributed by atoms with van der Waals surface area (Å²) in [6.07, 6.45) is 4.37. The number of aliphatic hydroxyl groups is 1. The molecule has 0 bridgehead atoms. The Balaban J connectivity index is 2.96. The summed E-state index contributed by atoms with van der Waals surface area (Å²) in [6.45, 7) is 7.91. The van der Waals surface area contributed by atoms with Crippen molar-refractivity contribution in [1.29, 1.82) is 0 Å². The molecule has 1 aliphatic heterocycles. The number of methoxy groups -OCH3 is 2. The fourth-order valence-corrected chi connectivity index (χ4v) is 3.39. The first-order chi connectivity index (χ1) is 10.3. The van der Waals surface area contributed by atoms with E-state index in [9.17, 15) is 9.90 Å². The summed E-state index contributed by atoms with van der Waals surface area (Å²) >= 11 is 0. The van der Waals surface area contributed by atoms with Gasteiger partial charge in [-0.3, -0.25) is 0 Å². The van der Waals surface area contributed by atoms with Crippen molar-refractivity contribution in [2.75, 3.05) is 14.2 Å². The predicted octanol–water partition coefficient (Wildman–Crippen LogP) is 2.89. The van der Waals surface area contributed by atoms with Crippen molar-refractivity contribution in [3.05, 3.63) is 0 Å². The van der Waals surface area contributed by atoms with E-state index in [2.05, 4.69) is 20.8 Å². The minimum absolute atomic E-state index is 0.0289. The van der Waals surface area contributed by atoms with E-state index in [0.717, 1.165) is 25.7 Å². The highest BCUT2D eigenvalue weighted by atomic mass is 16.7. The van der Waals surface area contributed by atoms with Crippen molar-refractivity contribution in [3.63, 3.8) is 0 Å². The molecule has 0 aliphatic carbocycles. The van der Waals surface area contributed by atoms with E-state index in [1.165, 1.54) is 21.1 Å². The van der Waals surface area contributed by atoms with Gasteiger partial charge in [-0.1, -0.05) is 27.2 Å². The van der Waals surface area contributed by atoms with Gasteiger partial charge in [-0.15, -0.1) is 0 Å². The largest absolute Gasteiger partial charge is 0.467 e. The molecule has 1 N–H and O–H groups in total. The zero-order valence-electron chi connectivity index (χ0n) is 14.8. The highest BCUT2D eigenvalue weighted by Crippen LogP contribution is 2.43. The standard InChI is InChI=1S/C17H32O5/c1-7-12(3)11-13-9-10-17(21-6,22-14(13)8-2)16(4,19)15(18)20-5/h12-14,19H,7-11H2,1-6H3/t12-,13?,14?,16+,17?/m0/s1. The van der Waals surface area contributed by atoms with E-state index in [1.54, 1.807) is 0 Å². The molecule has 0 radical (unpaired) electrons. The SMILES string of the molecule is CCC1OC(OC)([C@](C)(O)C(=O)OC)CCC1C[C@@H](C)CC. The lowest BCUT2D eigenvalue weighted by Gasteiger charge is -2.49. The molecule has 1 saturated heterocycles.